The number of oxazole rings is 1. The first-order valence-corrected chi connectivity index (χ1v) is 8.58. The number of piperidine rings is 1. The summed E-state index contributed by atoms with van der Waals surface area (Å²) >= 11 is 0. The average Bonchev–Trinajstić information content (AvgIpc) is 2.87. The second-order valence-corrected chi connectivity index (χ2v) is 6.41. The van der Waals surface area contributed by atoms with Gasteiger partial charge in [-0.3, -0.25) is 4.57 Å². The number of para-hydroxylation sites is 2. The molecule has 4 heteroatoms. The van der Waals surface area contributed by atoms with Crippen molar-refractivity contribution >= 4 is 11.1 Å². The van der Waals surface area contributed by atoms with E-state index in [9.17, 15) is 4.79 Å². The van der Waals surface area contributed by atoms with Crippen molar-refractivity contribution in [2.75, 3.05) is 19.6 Å². The molecule has 0 radical (unpaired) electrons. The number of unbranched alkanes of at least 4 members (excludes halogenated alkanes) is 1. The fourth-order valence-corrected chi connectivity index (χ4v) is 3.46. The van der Waals surface area contributed by atoms with Crippen molar-refractivity contribution in [2.24, 2.45) is 5.92 Å². The van der Waals surface area contributed by atoms with Gasteiger partial charge in [0, 0.05) is 13.1 Å². The molecule has 120 valence electrons. The van der Waals surface area contributed by atoms with E-state index in [1.807, 2.05) is 24.3 Å². The molecule has 1 aromatic carbocycles. The van der Waals surface area contributed by atoms with Crippen molar-refractivity contribution in [3.8, 4) is 0 Å². The second-order valence-electron chi connectivity index (χ2n) is 6.41. The summed E-state index contributed by atoms with van der Waals surface area (Å²) in [6.45, 7) is 6.25. The quantitative estimate of drug-likeness (QED) is 0.820. The van der Waals surface area contributed by atoms with Crippen LogP contribution in [0.5, 0.6) is 0 Å². The summed E-state index contributed by atoms with van der Waals surface area (Å²) in [6.07, 6.45) is 6.66. The van der Waals surface area contributed by atoms with Gasteiger partial charge in [-0.25, -0.2) is 4.79 Å². The molecule has 0 spiro atoms. The Labute approximate surface area is 131 Å². The van der Waals surface area contributed by atoms with Gasteiger partial charge in [-0.1, -0.05) is 38.3 Å². The molecule has 0 saturated carbocycles. The molecule has 22 heavy (non-hydrogen) atoms. The summed E-state index contributed by atoms with van der Waals surface area (Å²) in [4.78, 5) is 14.4. The van der Waals surface area contributed by atoms with E-state index < -0.39 is 0 Å². The van der Waals surface area contributed by atoms with E-state index in [1.54, 1.807) is 4.57 Å². The van der Waals surface area contributed by atoms with Crippen LogP contribution in [0.15, 0.2) is 33.5 Å². The summed E-state index contributed by atoms with van der Waals surface area (Å²) < 4.78 is 7.05. The first-order valence-electron chi connectivity index (χ1n) is 8.58. The van der Waals surface area contributed by atoms with Gasteiger partial charge in [0.2, 0.25) is 0 Å². The Morgan fingerprint density at radius 3 is 2.73 bits per heavy atom. The third kappa shape index (κ3) is 3.43. The average molecular weight is 302 g/mol. The lowest BCUT2D eigenvalue weighted by Gasteiger charge is -2.31. The van der Waals surface area contributed by atoms with Gasteiger partial charge < -0.3 is 9.32 Å². The molecule has 1 saturated heterocycles. The van der Waals surface area contributed by atoms with Crippen LogP contribution in [0.25, 0.3) is 11.1 Å². The Hall–Kier alpha value is -1.55. The highest BCUT2D eigenvalue weighted by Gasteiger charge is 2.19. The van der Waals surface area contributed by atoms with E-state index >= 15 is 0 Å². The summed E-state index contributed by atoms with van der Waals surface area (Å²) in [7, 11) is 0. The van der Waals surface area contributed by atoms with Gasteiger partial charge >= 0.3 is 5.76 Å². The number of benzene rings is 1. The number of fused-ring (bicyclic) bond motifs is 1. The highest BCUT2D eigenvalue weighted by Crippen LogP contribution is 2.22. The predicted octanol–water partition coefficient (Wildman–Crippen LogP) is 3.50. The minimum atomic E-state index is -0.237. The summed E-state index contributed by atoms with van der Waals surface area (Å²) in [5, 5.41) is 0. The van der Waals surface area contributed by atoms with Crippen molar-refractivity contribution in [2.45, 2.75) is 45.6 Å². The fourth-order valence-electron chi connectivity index (χ4n) is 3.46. The Morgan fingerprint density at radius 2 is 1.95 bits per heavy atom. The molecule has 1 aliphatic rings. The maximum absolute atomic E-state index is 12.0. The largest absolute Gasteiger partial charge is 0.419 e. The lowest BCUT2D eigenvalue weighted by molar-refractivity contribution is 0.172. The number of hydrogen-bond acceptors (Lipinski definition) is 3. The molecule has 0 amide bonds. The summed E-state index contributed by atoms with van der Waals surface area (Å²) in [5.74, 6) is 0.674. The van der Waals surface area contributed by atoms with Crippen LogP contribution in [0.4, 0.5) is 0 Å². The van der Waals surface area contributed by atoms with Crippen LogP contribution in [-0.2, 0) is 6.54 Å². The third-order valence-corrected chi connectivity index (χ3v) is 4.89. The van der Waals surface area contributed by atoms with Crippen LogP contribution in [0.3, 0.4) is 0 Å². The van der Waals surface area contributed by atoms with E-state index in [1.165, 1.54) is 45.2 Å². The van der Waals surface area contributed by atoms with Crippen LogP contribution < -0.4 is 5.76 Å². The number of nitrogens with zero attached hydrogens (tertiary/aromatic N) is 2. The van der Waals surface area contributed by atoms with Gasteiger partial charge in [-0.15, -0.1) is 0 Å². The molecule has 2 heterocycles. The molecule has 0 aliphatic carbocycles. The molecule has 0 atom stereocenters. The SMILES string of the molecule is CCCCC1CCN(CCn2c(=O)oc3ccccc32)CC1. The van der Waals surface area contributed by atoms with Crippen molar-refractivity contribution in [1.82, 2.24) is 9.47 Å². The number of likely N-dealkylation sites (tertiary alicyclic amines) is 1. The molecular formula is C18H26N2O2. The number of hydrogen-bond donors (Lipinski definition) is 0. The van der Waals surface area contributed by atoms with E-state index in [-0.39, 0.29) is 5.76 Å². The molecule has 1 fully saturated rings. The molecule has 0 N–H and O–H groups in total. The molecule has 1 aromatic heterocycles. The van der Waals surface area contributed by atoms with Gasteiger partial charge in [0.15, 0.2) is 5.58 Å². The van der Waals surface area contributed by atoms with E-state index in [2.05, 4.69) is 11.8 Å². The summed E-state index contributed by atoms with van der Waals surface area (Å²) in [6, 6.07) is 7.66. The normalized spacial score (nSPS) is 17.3. The maximum atomic E-state index is 12.0. The zero-order chi connectivity index (χ0) is 15.4. The van der Waals surface area contributed by atoms with Crippen LogP contribution in [0.1, 0.15) is 39.0 Å². The molecule has 2 aromatic rings. The molecule has 0 unspecified atom stereocenters. The lowest BCUT2D eigenvalue weighted by atomic mass is 9.92. The summed E-state index contributed by atoms with van der Waals surface area (Å²) in [5.41, 5.74) is 1.59. The zero-order valence-electron chi connectivity index (χ0n) is 13.5. The Kier molecular flexibility index (Phi) is 4.98. The highest BCUT2D eigenvalue weighted by atomic mass is 16.4. The lowest BCUT2D eigenvalue weighted by Crippen LogP contribution is -2.36. The minimum absolute atomic E-state index is 0.237. The van der Waals surface area contributed by atoms with Crippen molar-refractivity contribution < 1.29 is 4.42 Å². The number of rotatable bonds is 6. The van der Waals surface area contributed by atoms with Crippen LogP contribution in [-0.4, -0.2) is 29.1 Å². The van der Waals surface area contributed by atoms with E-state index in [0.29, 0.717) is 5.58 Å². The molecule has 1 aliphatic heterocycles. The second kappa shape index (κ2) is 7.14. The molecular weight excluding hydrogens is 276 g/mol. The Bertz CT molecular complexity index is 650. The van der Waals surface area contributed by atoms with E-state index in [0.717, 1.165) is 24.5 Å². The molecule has 4 nitrogen and oxygen atoms in total. The van der Waals surface area contributed by atoms with Gasteiger partial charge in [0.1, 0.15) is 0 Å². The highest BCUT2D eigenvalue weighted by molar-refractivity contribution is 5.72. The van der Waals surface area contributed by atoms with Crippen LogP contribution in [0.2, 0.25) is 0 Å². The number of aromatic nitrogens is 1. The minimum Gasteiger partial charge on any atom is -0.408 e. The zero-order valence-corrected chi connectivity index (χ0v) is 13.5. The third-order valence-electron chi connectivity index (χ3n) is 4.89. The van der Waals surface area contributed by atoms with Gasteiger partial charge in [-0.2, -0.15) is 0 Å². The monoisotopic (exact) mass is 302 g/mol. The molecule has 0 bridgehead atoms. The van der Waals surface area contributed by atoms with Gasteiger partial charge in [0.05, 0.1) is 5.52 Å². The maximum Gasteiger partial charge on any atom is 0.419 e. The van der Waals surface area contributed by atoms with Crippen molar-refractivity contribution in [1.29, 1.82) is 0 Å². The van der Waals surface area contributed by atoms with Gasteiger partial charge in [-0.05, 0) is 44.0 Å². The van der Waals surface area contributed by atoms with Crippen LogP contribution >= 0.6 is 0 Å². The van der Waals surface area contributed by atoms with E-state index in [4.69, 9.17) is 4.42 Å². The smallest absolute Gasteiger partial charge is 0.408 e. The van der Waals surface area contributed by atoms with Crippen molar-refractivity contribution in [3.63, 3.8) is 0 Å². The van der Waals surface area contributed by atoms with Crippen LogP contribution in [0, 0.1) is 5.92 Å². The first kappa shape index (κ1) is 15.3. The Morgan fingerprint density at radius 1 is 1.18 bits per heavy atom. The predicted molar refractivity (Wildman–Crippen MR) is 89.2 cm³/mol. The first-order chi connectivity index (χ1) is 10.8. The standard InChI is InChI=1S/C18H26N2O2/c1-2-3-6-15-9-11-19(12-10-15)13-14-20-16-7-4-5-8-17(16)22-18(20)21/h4-5,7-8,15H,2-3,6,9-14H2,1H3. The Balaban J connectivity index is 1.55. The molecule has 3 rings (SSSR count). The fraction of sp³-hybridized carbons (Fsp3) is 0.611. The topological polar surface area (TPSA) is 38.4 Å². The van der Waals surface area contributed by atoms with Crippen molar-refractivity contribution in [3.05, 3.63) is 34.8 Å². The van der Waals surface area contributed by atoms with Gasteiger partial charge in [0.25, 0.3) is 0 Å².